The van der Waals surface area contributed by atoms with E-state index in [9.17, 15) is 4.79 Å². The summed E-state index contributed by atoms with van der Waals surface area (Å²) in [7, 11) is 0. The van der Waals surface area contributed by atoms with Gasteiger partial charge in [-0.15, -0.1) is 0 Å². The second-order valence-electron chi connectivity index (χ2n) is 4.83. The maximum atomic E-state index is 11.1. The first-order chi connectivity index (χ1) is 11.5. The molecule has 1 atom stereocenters. The van der Waals surface area contributed by atoms with E-state index >= 15 is 0 Å². The zero-order chi connectivity index (χ0) is 18.4. The van der Waals surface area contributed by atoms with Crippen molar-refractivity contribution in [1.29, 1.82) is 0 Å². The Balaban J connectivity index is 0.00000118. The summed E-state index contributed by atoms with van der Waals surface area (Å²) in [6.45, 7) is 4.58. The molecule has 0 heterocycles. The van der Waals surface area contributed by atoms with Crippen LogP contribution in [0.5, 0.6) is 5.75 Å². The van der Waals surface area contributed by atoms with Gasteiger partial charge in [0.2, 0.25) is 12.2 Å². The van der Waals surface area contributed by atoms with Gasteiger partial charge in [0.1, 0.15) is 5.75 Å². The molecular weight excluding hydrogens is 318 g/mol. The van der Waals surface area contributed by atoms with E-state index in [2.05, 4.69) is 10.2 Å². The average Bonchev–Trinajstić information content (AvgIpc) is 2.60. The summed E-state index contributed by atoms with van der Waals surface area (Å²) in [5.41, 5.74) is 0.986. The lowest BCUT2D eigenvalue weighted by Crippen LogP contribution is -2.33. The lowest BCUT2D eigenvalue weighted by molar-refractivity contribution is -0.368. The van der Waals surface area contributed by atoms with Gasteiger partial charge in [0.05, 0.1) is 0 Å². The molecule has 8 heteroatoms. The van der Waals surface area contributed by atoms with Gasteiger partial charge in [0.25, 0.3) is 6.29 Å². The first-order valence-corrected chi connectivity index (χ1v) is 7.77. The fraction of sp³-hybridized carbons (Fsp3) is 0.562. The molecule has 8 nitrogen and oxygen atoms in total. The second-order valence-corrected chi connectivity index (χ2v) is 4.83. The Kier molecular flexibility index (Phi) is 12.7. The van der Waals surface area contributed by atoms with Crippen LogP contribution in [-0.4, -0.2) is 52.2 Å². The van der Waals surface area contributed by atoms with Crippen molar-refractivity contribution >= 4 is 5.91 Å². The van der Waals surface area contributed by atoms with Crippen LogP contribution in [0, 0.1) is 0 Å². The molecule has 1 aromatic carbocycles. The molecule has 1 amide bonds. The summed E-state index contributed by atoms with van der Waals surface area (Å²) in [5.74, 6) is 0.323. The van der Waals surface area contributed by atoms with Crippen LogP contribution in [0.1, 0.15) is 32.3 Å². The van der Waals surface area contributed by atoms with Crippen LogP contribution in [0.15, 0.2) is 24.3 Å². The quantitative estimate of drug-likeness (QED) is 0.252. The van der Waals surface area contributed by atoms with Crippen LogP contribution in [0.3, 0.4) is 0 Å². The Morgan fingerprint density at radius 1 is 1.21 bits per heavy atom. The minimum Gasteiger partial charge on any atom is -0.457 e. The van der Waals surface area contributed by atoms with E-state index in [0.29, 0.717) is 31.7 Å². The lowest BCUT2D eigenvalue weighted by atomic mass is 10.1. The Morgan fingerprint density at radius 2 is 1.79 bits per heavy atom. The van der Waals surface area contributed by atoms with Gasteiger partial charge in [-0.05, 0) is 30.5 Å². The smallest absolute Gasteiger partial charge is 0.280 e. The summed E-state index contributed by atoms with van der Waals surface area (Å²) in [4.78, 5) is 14.8. The number of ether oxygens (including phenoxy) is 1. The minimum atomic E-state index is -1.95. The summed E-state index contributed by atoms with van der Waals surface area (Å²) < 4.78 is 5.00. The number of hydrogen-bond donors (Lipinski definition) is 5. The highest BCUT2D eigenvalue weighted by Gasteiger charge is 2.19. The van der Waals surface area contributed by atoms with Crippen LogP contribution in [0.4, 0.5) is 0 Å². The number of benzene rings is 1. The van der Waals surface area contributed by atoms with Crippen molar-refractivity contribution in [3.63, 3.8) is 0 Å². The molecule has 0 aromatic heterocycles. The fourth-order valence-electron chi connectivity index (χ4n) is 1.48. The highest BCUT2D eigenvalue weighted by atomic mass is 17.1. The molecule has 1 unspecified atom stereocenters. The van der Waals surface area contributed by atoms with E-state index in [-0.39, 0.29) is 5.91 Å². The number of hydrogen-bond acceptors (Lipinski definition) is 7. The molecule has 24 heavy (non-hydrogen) atoms. The lowest BCUT2D eigenvalue weighted by Gasteiger charge is -2.17. The van der Waals surface area contributed by atoms with Crippen molar-refractivity contribution in [3.05, 3.63) is 29.8 Å². The molecule has 0 radical (unpaired) electrons. The highest BCUT2D eigenvalue weighted by molar-refractivity contribution is 5.75. The van der Waals surface area contributed by atoms with E-state index in [0.717, 1.165) is 12.0 Å². The topological polar surface area (TPSA) is 128 Å². The average molecular weight is 345 g/mol. The predicted molar refractivity (Wildman–Crippen MR) is 87.2 cm³/mol. The van der Waals surface area contributed by atoms with Gasteiger partial charge in [-0.1, -0.05) is 26.0 Å². The number of rotatable bonds is 9. The van der Waals surface area contributed by atoms with Crippen molar-refractivity contribution in [2.24, 2.45) is 0 Å². The number of aliphatic hydroxyl groups is 3. The molecule has 0 aliphatic heterocycles. The molecule has 1 rings (SSSR count). The highest BCUT2D eigenvalue weighted by Crippen LogP contribution is 2.15. The first-order valence-electron chi connectivity index (χ1n) is 7.77. The Labute approximate surface area is 141 Å². The summed E-state index contributed by atoms with van der Waals surface area (Å²) in [5, 5.41) is 36.7. The number of nitrogens with one attached hydrogen (secondary N) is 1. The van der Waals surface area contributed by atoms with Crippen molar-refractivity contribution < 1.29 is 35.0 Å². The fourth-order valence-corrected chi connectivity index (χ4v) is 1.48. The van der Waals surface area contributed by atoms with E-state index in [4.69, 9.17) is 25.3 Å². The van der Waals surface area contributed by atoms with Gasteiger partial charge >= 0.3 is 0 Å². The third kappa shape index (κ3) is 10.1. The number of carbonyl (C=O) groups is 1. The summed E-state index contributed by atoms with van der Waals surface area (Å²) >= 11 is 0. The van der Waals surface area contributed by atoms with Crippen molar-refractivity contribution in [2.75, 3.05) is 13.2 Å². The maximum absolute atomic E-state index is 11.1. The van der Waals surface area contributed by atoms with E-state index < -0.39 is 12.6 Å². The Bertz CT molecular complexity index is 435. The van der Waals surface area contributed by atoms with E-state index in [1.165, 1.54) is 0 Å². The van der Waals surface area contributed by atoms with Gasteiger partial charge in [0, 0.05) is 19.6 Å². The molecule has 0 aliphatic carbocycles. The summed E-state index contributed by atoms with van der Waals surface area (Å²) in [6.07, 6.45) is -1.51. The van der Waals surface area contributed by atoms with Gasteiger partial charge < -0.3 is 25.4 Å². The van der Waals surface area contributed by atoms with Gasteiger partial charge in [-0.2, -0.15) is 4.89 Å². The number of carbonyl (C=O) groups excluding carboxylic acids is 1. The van der Waals surface area contributed by atoms with Crippen molar-refractivity contribution in [2.45, 2.75) is 45.7 Å². The van der Waals surface area contributed by atoms with Crippen molar-refractivity contribution in [1.82, 2.24) is 5.32 Å². The third-order valence-corrected chi connectivity index (χ3v) is 2.80. The first kappa shape index (κ1) is 22.3. The zero-order valence-corrected chi connectivity index (χ0v) is 14.0. The van der Waals surface area contributed by atoms with Crippen LogP contribution in [-0.2, 0) is 16.1 Å². The molecule has 5 N–H and O–H groups in total. The van der Waals surface area contributed by atoms with Crippen molar-refractivity contribution in [3.8, 4) is 5.75 Å². The molecule has 138 valence electrons. The zero-order valence-electron chi connectivity index (χ0n) is 14.0. The third-order valence-electron chi connectivity index (χ3n) is 2.80. The minimum absolute atomic E-state index is 0.00447. The molecule has 0 bridgehead atoms. The summed E-state index contributed by atoms with van der Waals surface area (Å²) in [6, 6.07) is 6.74. The number of amides is 1. The van der Waals surface area contributed by atoms with Gasteiger partial charge in [0.15, 0.2) is 0 Å². The van der Waals surface area contributed by atoms with Crippen LogP contribution < -0.4 is 10.1 Å². The molecule has 0 fully saturated rings. The molecule has 0 aliphatic rings. The number of aliphatic hydroxyl groups excluding tert-OH is 2. The monoisotopic (exact) mass is 345 g/mol. The van der Waals surface area contributed by atoms with Gasteiger partial charge in [-0.3, -0.25) is 4.79 Å². The van der Waals surface area contributed by atoms with Crippen LogP contribution in [0.2, 0.25) is 0 Å². The van der Waals surface area contributed by atoms with Crippen LogP contribution in [0.25, 0.3) is 0 Å². The standard InChI is InChI=1S/C13H19NO6.C3H8O/c1-2-11(15)14-8-7-9-3-5-10(6-4-9)19-13(20-18)12(16)17;1-2-3-4/h3-6,12-13,16-18H,2,7-8H2,1H3,(H,14,15);4H,2-3H2,1H3. The molecule has 0 spiro atoms. The molecule has 0 saturated carbocycles. The normalized spacial score (nSPS) is 11.5. The predicted octanol–water partition coefficient (Wildman–Crippen LogP) is 0.649. The van der Waals surface area contributed by atoms with Gasteiger partial charge in [-0.25, -0.2) is 5.26 Å². The largest absolute Gasteiger partial charge is 0.457 e. The molecular formula is C16H27NO7. The van der Waals surface area contributed by atoms with E-state index in [1.807, 2.05) is 6.92 Å². The maximum Gasteiger partial charge on any atom is 0.280 e. The van der Waals surface area contributed by atoms with Crippen LogP contribution >= 0.6 is 0 Å². The molecule has 0 saturated heterocycles. The Hall–Kier alpha value is -1.71. The molecule has 1 aromatic rings. The second kappa shape index (κ2) is 13.7. The van der Waals surface area contributed by atoms with E-state index in [1.54, 1.807) is 31.2 Å². The SMILES string of the molecule is CCC(=O)NCCc1ccc(OC(OO)C(O)O)cc1.CCCO. The Morgan fingerprint density at radius 3 is 2.21 bits per heavy atom.